The van der Waals surface area contributed by atoms with E-state index in [-0.39, 0.29) is 29.4 Å². The third-order valence-corrected chi connectivity index (χ3v) is 2.27. The first kappa shape index (κ1) is 16.0. The highest BCUT2D eigenvalue weighted by Crippen LogP contribution is 2.36. The summed E-state index contributed by atoms with van der Waals surface area (Å²) in [6, 6.07) is 4.11. The molecule has 1 atom stereocenters. The molecule has 0 saturated heterocycles. The van der Waals surface area contributed by atoms with Crippen LogP contribution in [0.25, 0.3) is 0 Å². The molecule has 0 unspecified atom stereocenters. The van der Waals surface area contributed by atoms with Gasteiger partial charge in [0.15, 0.2) is 0 Å². The first-order valence-corrected chi connectivity index (χ1v) is 4.73. The summed E-state index contributed by atoms with van der Waals surface area (Å²) >= 11 is 5.50. The summed E-state index contributed by atoms with van der Waals surface area (Å²) in [5.41, 5.74) is 4.49. The normalized spacial score (nSPS) is 12.5. The van der Waals surface area contributed by atoms with E-state index in [0.29, 0.717) is 0 Å². The van der Waals surface area contributed by atoms with Gasteiger partial charge in [0.2, 0.25) is 0 Å². The summed E-state index contributed by atoms with van der Waals surface area (Å²) in [7, 11) is 0. The van der Waals surface area contributed by atoms with E-state index in [0.717, 1.165) is 6.07 Å². The van der Waals surface area contributed by atoms with Crippen LogP contribution in [0, 0.1) is 11.3 Å². The van der Waals surface area contributed by atoms with Gasteiger partial charge in [0.05, 0.1) is 18.1 Å². The summed E-state index contributed by atoms with van der Waals surface area (Å²) in [5, 5.41) is 8.40. The maximum Gasteiger partial charge on any atom is 0.416 e. The predicted molar refractivity (Wildman–Crippen MR) is 60.9 cm³/mol. The van der Waals surface area contributed by atoms with Crippen molar-refractivity contribution in [2.45, 2.75) is 18.6 Å². The standard InChI is InChI=1S/C10H8ClF3N2.ClH/c11-6-1-2-7(9(16)3-4-15)8(5-6)10(12,13)14;/h1-2,5,9H,3,16H2;1H/t9-;/m0./s1. The highest BCUT2D eigenvalue weighted by atomic mass is 35.5. The zero-order chi connectivity index (χ0) is 12.3. The summed E-state index contributed by atoms with van der Waals surface area (Å²) in [6.45, 7) is 0. The highest BCUT2D eigenvalue weighted by molar-refractivity contribution is 6.30. The summed E-state index contributed by atoms with van der Waals surface area (Å²) in [5.74, 6) is 0. The van der Waals surface area contributed by atoms with Crippen molar-refractivity contribution in [2.75, 3.05) is 0 Å². The van der Waals surface area contributed by atoms with Gasteiger partial charge in [-0.05, 0) is 17.7 Å². The van der Waals surface area contributed by atoms with Crippen molar-refractivity contribution in [1.82, 2.24) is 0 Å². The fourth-order valence-electron chi connectivity index (χ4n) is 1.31. The Bertz CT molecular complexity index is 427. The number of nitrogens with zero attached hydrogens (tertiary/aromatic N) is 1. The number of halogens is 5. The Labute approximate surface area is 108 Å². The lowest BCUT2D eigenvalue weighted by atomic mass is 9.99. The Morgan fingerprint density at radius 2 is 2.00 bits per heavy atom. The van der Waals surface area contributed by atoms with Crippen LogP contribution in [0.3, 0.4) is 0 Å². The third kappa shape index (κ3) is 4.08. The average molecular weight is 285 g/mol. The molecule has 0 spiro atoms. The highest BCUT2D eigenvalue weighted by Gasteiger charge is 2.34. The van der Waals surface area contributed by atoms with Crippen molar-refractivity contribution in [3.05, 3.63) is 34.3 Å². The largest absolute Gasteiger partial charge is 0.416 e. The van der Waals surface area contributed by atoms with E-state index in [2.05, 4.69) is 0 Å². The number of alkyl halides is 3. The lowest BCUT2D eigenvalue weighted by molar-refractivity contribution is -0.138. The van der Waals surface area contributed by atoms with Crippen LogP contribution >= 0.6 is 24.0 Å². The topological polar surface area (TPSA) is 49.8 Å². The number of nitrogens with two attached hydrogens (primary N) is 1. The van der Waals surface area contributed by atoms with Gasteiger partial charge in [0.1, 0.15) is 0 Å². The number of hydrogen-bond donors (Lipinski definition) is 1. The predicted octanol–water partition coefficient (Wildman–Crippen LogP) is 3.69. The van der Waals surface area contributed by atoms with Crippen molar-refractivity contribution in [3.63, 3.8) is 0 Å². The molecule has 2 N–H and O–H groups in total. The molecule has 0 bridgehead atoms. The van der Waals surface area contributed by atoms with Gasteiger partial charge in [-0.3, -0.25) is 0 Å². The molecule has 94 valence electrons. The molecule has 17 heavy (non-hydrogen) atoms. The zero-order valence-corrected chi connectivity index (χ0v) is 10.0. The quantitative estimate of drug-likeness (QED) is 0.900. The molecule has 0 fully saturated rings. The molecule has 0 heterocycles. The Hall–Kier alpha value is -0.960. The first-order valence-electron chi connectivity index (χ1n) is 4.35. The minimum Gasteiger partial charge on any atom is -0.323 e. The summed E-state index contributed by atoms with van der Waals surface area (Å²) in [6.07, 6.45) is -4.70. The van der Waals surface area contributed by atoms with Crippen molar-refractivity contribution in [1.29, 1.82) is 5.26 Å². The molecule has 1 aromatic rings. The van der Waals surface area contributed by atoms with Gasteiger partial charge in [-0.25, -0.2) is 0 Å². The van der Waals surface area contributed by atoms with E-state index < -0.39 is 17.8 Å². The van der Waals surface area contributed by atoms with Gasteiger partial charge >= 0.3 is 6.18 Å². The van der Waals surface area contributed by atoms with E-state index in [1.165, 1.54) is 12.1 Å². The second-order valence-electron chi connectivity index (χ2n) is 3.20. The van der Waals surface area contributed by atoms with E-state index in [1.54, 1.807) is 6.07 Å². The van der Waals surface area contributed by atoms with Crippen LogP contribution < -0.4 is 5.73 Å². The maximum atomic E-state index is 12.6. The molecule has 0 aliphatic carbocycles. The molecule has 1 aromatic carbocycles. The molecule has 0 radical (unpaired) electrons. The second kappa shape index (κ2) is 6.10. The molecule has 2 nitrogen and oxygen atoms in total. The van der Waals surface area contributed by atoms with Crippen LogP contribution in [-0.4, -0.2) is 0 Å². The minimum absolute atomic E-state index is 0. The number of rotatable bonds is 2. The Kier molecular flexibility index (Phi) is 5.76. The second-order valence-corrected chi connectivity index (χ2v) is 3.63. The van der Waals surface area contributed by atoms with Crippen molar-refractivity contribution in [3.8, 4) is 6.07 Å². The lowest BCUT2D eigenvalue weighted by Crippen LogP contribution is -2.17. The molecule has 0 aliphatic rings. The fraction of sp³-hybridized carbons (Fsp3) is 0.300. The first-order chi connectivity index (χ1) is 7.36. The van der Waals surface area contributed by atoms with Crippen molar-refractivity contribution >= 4 is 24.0 Å². The molecule has 0 amide bonds. The van der Waals surface area contributed by atoms with Gasteiger partial charge in [0.25, 0.3) is 0 Å². The molecule has 7 heteroatoms. The van der Waals surface area contributed by atoms with Crippen LogP contribution in [0.15, 0.2) is 18.2 Å². The van der Waals surface area contributed by atoms with Gasteiger partial charge in [-0.1, -0.05) is 17.7 Å². The average Bonchev–Trinajstić information content (AvgIpc) is 2.16. The smallest absolute Gasteiger partial charge is 0.323 e. The Morgan fingerprint density at radius 1 is 1.41 bits per heavy atom. The Balaban J connectivity index is 0.00000256. The molecular formula is C10H9Cl2F3N2. The van der Waals surface area contributed by atoms with E-state index in [1.807, 2.05) is 0 Å². The minimum atomic E-state index is -4.52. The Morgan fingerprint density at radius 3 is 2.47 bits per heavy atom. The molecule has 0 aliphatic heterocycles. The maximum absolute atomic E-state index is 12.6. The van der Waals surface area contributed by atoms with Gasteiger partial charge in [-0.15, -0.1) is 12.4 Å². The van der Waals surface area contributed by atoms with Crippen molar-refractivity contribution < 1.29 is 13.2 Å². The van der Waals surface area contributed by atoms with Crippen LogP contribution in [0.2, 0.25) is 5.02 Å². The van der Waals surface area contributed by atoms with E-state index in [9.17, 15) is 13.2 Å². The SMILES string of the molecule is Cl.N#CC[C@H](N)c1ccc(Cl)cc1C(F)(F)F. The van der Waals surface area contributed by atoms with Gasteiger partial charge in [0, 0.05) is 11.1 Å². The molecule has 0 saturated carbocycles. The molecular weight excluding hydrogens is 276 g/mol. The van der Waals surface area contributed by atoms with E-state index in [4.69, 9.17) is 22.6 Å². The van der Waals surface area contributed by atoms with Crippen LogP contribution in [0.5, 0.6) is 0 Å². The number of nitriles is 1. The lowest BCUT2D eigenvalue weighted by Gasteiger charge is -2.16. The summed E-state index contributed by atoms with van der Waals surface area (Å²) in [4.78, 5) is 0. The summed E-state index contributed by atoms with van der Waals surface area (Å²) < 4.78 is 37.9. The van der Waals surface area contributed by atoms with Gasteiger partial charge in [-0.2, -0.15) is 18.4 Å². The monoisotopic (exact) mass is 284 g/mol. The third-order valence-electron chi connectivity index (χ3n) is 2.03. The van der Waals surface area contributed by atoms with Crippen LogP contribution in [-0.2, 0) is 6.18 Å². The molecule has 0 aromatic heterocycles. The number of benzene rings is 1. The number of hydrogen-bond acceptors (Lipinski definition) is 2. The fourth-order valence-corrected chi connectivity index (χ4v) is 1.48. The van der Waals surface area contributed by atoms with Gasteiger partial charge < -0.3 is 5.73 Å². The van der Waals surface area contributed by atoms with Crippen molar-refractivity contribution in [2.24, 2.45) is 5.73 Å². The van der Waals surface area contributed by atoms with E-state index >= 15 is 0 Å². The zero-order valence-electron chi connectivity index (χ0n) is 8.46. The molecule has 1 rings (SSSR count). The van der Waals surface area contributed by atoms with Crippen LogP contribution in [0.1, 0.15) is 23.6 Å². The van der Waals surface area contributed by atoms with Crippen LogP contribution in [0.4, 0.5) is 13.2 Å².